The fraction of sp³-hybridized carbons (Fsp3) is 0.0556. The van der Waals surface area contributed by atoms with Gasteiger partial charge in [0.1, 0.15) is 0 Å². The number of nitrogens with one attached hydrogen (secondary N) is 3. The SMILES string of the molecule is CNS(=O)(=O)c1ccc2c(c1)/C(=C\c1c[nH]c3ccccc13)C(=O)N2. The maximum absolute atomic E-state index is 12.4. The molecule has 0 saturated heterocycles. The van der Waals surface area contributed by atoms with Gasteiger partial charge in [0.05, 0.1) is 4.90 Å². The topological polar surface area (TPSA) is 91.1 Å². The molecule has 126 valence electrons. The van der Waals surface area contributed by atoms with Gasteiger partial charge in [-0.25, -0.2) is 13.1 Å². The Hall–Kier alpha value is -2.90. The Kier molecular flexibility index (Phi) is 3.48. The van der Waals surface area contributed by atoms with Crippen LogP contribution in [0.4, 0.5) is 5.69 Å². The molecular weight excluding hydrogens is 338 g/mol. The first-order valence-electron chi connectivity index (χ1n) is 7.67. The molecule has 25 heavy (non-hydrogen) atoms. The van der Waals surface area contributed by atoms with Crippen molar-refractivity contribution in [3.05, 3.63) is 59.8 Å². The van der Waals surface area contributed by atoms with Crippen LogP contribution in [0.25, 0.3) is 22.6 Å². The molecule has 2 aromatic carbocycles. The number of fused-ring (bicyclic) bond motifs is 2. The normalized spacial score (nSPS) is 15.6. The molecule has 1 aliphatic heterocycles. The van der Waals surface area contributed by atoms with E-state index in [1.54, 1.807) is 12.1 Å². The zero-order valence-corrected chi connectivity index (χ0v) is 14.1. The fourth-order valence-corrected chi connectivity index (χ4v) is 3.72. The second-order valence-corrected chi connectivity index (χ2v) is 7.60. The number of H-pyrrole nitrogens is 1. The maximum Gasteiger partial charge on any atom is 0.256 e. The van der Waals surface area contributed by atoms with Crippen molar-refractivity contribution < 1.29 is 13.2 Å². The minimum Gasteiger partial charge on any atom is -0.361 e. The summed E-state index contributed by atoms with van der Waals surface area (Å²) in [7, 11) is -2.22. The van der Waals surface area contributed by atoms with Crippen molar-refractivity contribution in [3.8, 4) is 0 Å². The molecule has 1 aromatic heterocycles. The molecule has 0 unspecified atom stereocenters. The molecule has 0 radical (unpaired) electrons. The van der Waals surface area contributed by atoms with Crippen molar-refractivity contribution in [3.63, 3.8) is 0 Å². The molecule has 7 heteroatoms. The van der Waals surface area contributed by atoms with Crippen molar-refractivity contribution in [2.75, 3.05) is 12.4 Å². The van der Waals surface area contributed by atoms with Gasteiger partial charge in [-0.3, -0.25) is 4.79 Å². The predicted molar refractivity (Wildman–Crippen MR) is 97.5 cm³/mol. The standard InChI is InChI=1S/C18H15N3O3S/c1-19-25(23,24)12-6-7-17-14(9-12)15(18(22)21-17)8-11-10-20-16-5-3-2-4-13(11)16/h2-10,19-20H,1H3,(H,21,22)/b15-8+. The molecule has 2 heterocycles. The van der Waals surface area contributed by atoms with E-state index in [-0.39, 0.29) is 10.8 Å². The molecule has 1 aliphatic rings. The van der Waals surface area contributed by atoms with Gasteiger partial charge in [-0.2, -0.15) is 0 Å². The smallest absolute Gasteiger partial charge is 0.256 e. The number of hydrogen-bond acceptors (Lipinski definition) is 3. The number of aromatic nitrogens is 1. The number of carbonyl (C=O) groups excluding carboxylic acids is 1. The molecular formula is C18H15N3O3S. The molecule has 0 saturated carbocycles. The van der Waals surface area contributed by atoms with Crippen LogP contribution in [0.3, 0.4) is 0 Å². The molecule has 6 nitrogen and oxygen atoms in total. The van der Waals surface area contributed by atoms with Gasteiger partial charge in [0.25, 0.3) is 5.91 Å². The summed E-state index contributed by atoms with van der Waals surface area (Å²) >= 11 is 0. The van der Waals surface area contributed by atoms with E-state index in [0.29, 0.717) is 16.8 Å². The van der Waals surface area contributed by atoms with Crippen molar-refractivity contribution >= 4 is 44.2 Å². The van der Waals surface area contributed by atoms with Crippen LogP contribution in [0.2, 0.25) is 0 Å². The Morgan fingerprint density at radius 3 is 2.72 bits per heavy atom. The highest BCUT2D eigenvalue weighted by Gasteiger charge is 2.26. The second-order valence-electron chi connectivity index (χ2n) is 5.72. The van der Waals surface area contributed by atoms with Gasteiger partial charge in [0.2, 0.25) is 10.0 Å². The summed E-state index contributed by atoms with van der Waals surface area (Å²) in [5, 5.41) is 3.77. The number of amides is 1. The van der Waals surface area contributed by atoms with E-state index in [9.17, 15) is 13.2 Å². The zero-order valence-electron chi connectivity index (χ0n) is 13.3. The molecule has 3 aromatic rings. The molecule has 0 aliphatic carbocycles. The Balaban J connectivity index is 1.88. The number of hydrogen-bond donors (Lipinski definition) is 3. The lowest BCUT2D eigenvalue weighted by Gasteiger charge is -2.05. The second kappa shape index (κ2) is 5.58. The van der Waals surface area contributed by atoms with Crippen LogP contribution < -0.4 is 10.0 Å². The van der Waals surface area contributed by atoms with Gasteiger partial charge in [-0.15, -0.1) is 0 Å². The lowest BCUT2D eigenvalue weighted by molar-refractivity contribution is -0.110. The number of para-hydroxylation sites is 1. The third-order valence-electron chi connectivity index (χ3n) is 4.27. The third kappa shape index (κ3) is 2.54. The van der Waals surface area contributed by atoms with Gasteiger partial charge in [-0.1, -0.05) is 18.2 Å². The Morgan fingerprint density at radius 1 is 1.12 bits per heavy atom. The van der Waals surface area contributed by atoms with Crippen LogP contribution in [0.5, 0.6) is 0 Å². The predicted octanol–water partition coefficient (Wildman–Crippen LogP) is 2.57. The zero-order chi connectivity index (χ0) is 17.6. The lowest BCUT2D eigenvalue weighted by atomic mass is 10.0. The van der Waals surface area contributed by atoms with Gasteiger partial charge < -0.3 is 10.3 Å². The summed E-state index contributed by atoms with van der Waals surface area (Å²) in [6.45, 7) is 0. The Labute approximate surface area is 144 Å². The van der Waals surface area contributed by atoms with Crippen LogP contribution >= 0.6 is 0 Å². The van der Waals surface area contributed by atoms with E-state index in [2.05, 4.69) is 15.0 Å². The van der Waals surface area contributed by atoms with Crippen LogP contribution in [0.1, 0.15) is 11.1 Å². The van der Waals surface area contributed by atoms with Gasteiger partial charge in [0, 0.05) is 39.5 Å². The molecule has 0 bridgehead atoms. The highest BCUT2D eigenvalue weighted by Crippen LogP contribution is 2.35. The molecule has 0 atom stereocenters. The van der Waals surface area contributed by atoms with Crippen LogP contribution in [-0.2, 0) is 14.8 Å². The number of sulfonamides is 1. The summed E-state index contributed by atoms with van der Waals surface area (Å²) in [6.07, 6.45) is 3.60. The minimum absolute atomic E-state index is 0.120. The van der Waals surface area contributed by atoms with Crippen LogP contribution in [0.15, 0.2) is 53.6 Å². The van der Waals surface area contributed by atoms with Gasteiger partial charge >= 0.3 is 0 Å². The molecule has 0 spiro atoms. The lowest BCUT2D eigenvalue weighted by Crippen LogP contribution is -2.18. The van der Waals surface area contributed by atoms with Crippen LogP contribution in [-0.4, -0.2) is 26.4 Å². The summed E-state index contributed by atoms with van der Waals surface area (Å²) in [5.74, 6) is -0.251. The average molecular weight is 353 g/mol. The first kappa shape index (κ1) is 15.6. The quantitative estimate of drug-likeness (QED) is 0.632. The van der Waals surface area contributed by atoms with E-state index in [1.807, 2.05) is 30.5 Å². The fourth-order valence-electron chi connectivity index (χ4n) is 2.96. The first-order chi connectivity index (χ1) is 12.0. The number of benzene rings is 2. The van der Waals surface area contributed by atoms with E-state index in [1.165, 1.54) is 19.2 Å². The summed E-state index contributed by atoms with van der Waals surface area (Å²) in [6, 6.07) is 12.4. The number of aromatic amines is 1. The monoisotopic (exact) mass is 353 g/mol. The number of rotatable bonds is 3. The van der Waals surface area contributed by atoms with E-state index < -0.39 is 10.0 Å². The van der Waals surface area contributed by atoms with E-state index in [4.69, 9.17) is 0 Å². The Bertz CT molecular complexity index is 1140. The Morgan fingerprint density at radius 2 is 1.92 bits per heavy atom. The third-order valence-corrected chi connectivity index (χ3v) is 5.69. The largest absolute Gasteiger partial charge is 0.361 e. The molecule has 4 rings (SSSR count). The van der Waals surface area contributed by atoms with Crippen molar-refractivity contribution in [1.82, 2.24) is 9.71 Å². The summed E-state index contributed by atoms with van der Waals surface area (Å²) < 4.78 is 26.4. The first-order valence-corrected chi connectivity index (χ1v) is 9.15. The highest BCUT2D eigenvalue weighted by molar-refractivity contribution is 7.89. The van der Waals surface area contributed by atoms with Gasteiger partial charge in [0.15, 0.2) is 0 Å². The average Bonchev–Trinajstić information content (AvgIpc) is 3.16. The van der Waals surface area contributed by atoms with E-state index in [0.717, 1.165) is 16.5 Å². The van der Waals surface area contributed by atoms with Crippen molar-refractivity contribution in [2.24, 2.45) is 0 Å². The highest BCUT2D eigenvalue weighted by atomic mass is 32.2. The molecule has 3 N–H and O–H groups in total. The maximum atomic E-state index is 12.4. The van der Waals surface area contributed by atoms with Crippen molar-refractivity contribution in [2.45, 2.75) is 4.90 Å². The van der Waals surface area contributed by atoms with Crippen molar-refractivity contribution in [1.29, 1.82) is 0 Å². The van der Waals surface area contributed by atoms with Crippen LogP contribution in [0, 0.1) is 0 Å². The van der Waals surface area contributed by atoms with E-state index >= 15 is 0 Å². The molecule has 0 fully saturated rings. The molecule has 1 amide bonds. The van der Waals surface area contributed by atoms with Gasteiger partial charge in [-0.05, 0) is 37.4 Å². The summed E-state index contributed by atoms with van der Waals surface area (Å²) in [5.41, 5.74) is 3.46. The number of anilines is 1. The summed E-state index contributed by atoms with van der Waals surface area (Å²) in [4.78, 5) is 15.7. The number of carbonyl (C=O) groups is 1. The minimum atomic E-state index is -3.58.